The summed E-state index contributed by atoms with van der Waals surface area (Å²) in [6.07, 6.45) is 1.62. The molecule has 0 aliphatic heterocycles. The van der Waals surface area contributed by atoms with E-state index < -0.39 is 5.97 Å². The summed E-state index contributed by atoms with van der Waals surface area (Å²) < 4.78 is 1.50. The van der Waals surface area contributed by atoms with Gasteiger partial charge in [0, 0.05) is 26.4 Å². The van der Waals surface area contributed by atoms with Crippen LogP contribution in [0.25, 0.3) is 5.65 Å². The molecule has 15 heavy (non-hydrogen) atoms. The minimum absolute atomic E-state index is 0.00296. The number of nitrogens with zero attached hydrogens (tertiary/aromatic N) is 4. The van der Waals surface area contributed by atoms with Crippen molar-refractivity contribution in [2.75, 3.05) is 19.0 Å². The minimum atomic E-state index is -1.05. The number of hydrogen-bond acceptors (Lipinski definition) is 4. The first kappa shape index (κ1) is 9.45. The Balaban J connectivity index is 2.69. The van der Waals surface area contributed by atoms with E-state index in [2.05, 4.69) is 10.1 Å². The van der Waals surface area contributed by atoms with Gasteiger partial charge in [-0.1, -0.05) is 0 Å². The molecule has 2 heterocycles. The molecule has 0 saturated heterocycles. The average molecular weight is 206 g/mol. The quantitative estimate of drug-likeness (QED) is 0.774. The number of carbonyl (C=O) groups is 1. The maximum Gasteiger partial charge on any atom is 0.356 e. The van der Waals surface area contributed by atoms with E-state index in [1.807, 2.05) is 19.0 Å². The van der Waals surface area contributed by atoms with E-state index in [4.69, 9.17) is 5.11 Å². The van der Waals surface area contributed by atoms with E-state index in [0.29, 0.717) is 5.65 Å². The zero-order valence-corrected chi connectivity index (χ0v) is 8.38. The van der Waals surface area contributed by atoms with Crippen LogP contribution in [-0.2, 0) is 0 Å². The van der Waals surface area contributed by atoms with Gasteiger partial charge in [0.05, 0.1) is 0 Å². The fourth-order valence-electron chi connectivity index (χ4n) is 1.33. The third-order valence-electron chi connectivity index (χ3n) is 2.02. The Morgan fingerprint density at radius 3 is 2.87 bits per heavy atom. The summed E-state index contributed by atoms with van der Waals surface area (Å²) in [4.78, 5) is 16.6. The molecular formula is C9H10N4O2. The Kier molecular flexibility index (Phi) is 2.03. The lowest BCUT2D eigenvalue weighted by atomic mass is 10.4. The molecule has 0 radical (unpaired) electrons. The summed E-state index contributed by atoms with van der Waals surface area (Å²) in [7, 11) is 3.72. The van der Waals surface area contributed by atoms with Gasteiger partial charge in [-0.15, -0.1) is 0 Å². The molecule has 2 rings (SSSR count). The number of carboxylic acid groups (broad SMARTS) is 1. The maximum atomic E-state index is 10.7. The first-order valence-electron chi connectivity index (χ1n) is 4.35. The molecule has 2 aromatic heterocycles. The van der Waals surface area contributed by atoms with Crippen molar-refractivity contribution < 1.29 is 9.90 Å². The van der Waals surface area contributed by atoms with Crippen molar-refractivity contribution in [1.29, 1.82) is 0 Å². The van der Waals surface area contributed by atoms with Crippen LogP contribution >= 0.6 is 0 Å². The van der Waals surface area contributed by atoms with Gasteiger partial charge in [-0.2, -0.15) is 9.61 Å². The number of hydrogen-bond donors (Lipinski definition) is 1. The van der Waals surface area contributed by atoms with Crippen LogP contribution in [0, 0.1) is 0 Å². The largest absolute Gasteiger partial charge is 0.476 e. The van der Waals surface area contributed by atoms with Crippen molar-refractivity contribution in [3.05, 3.63) is 24.0 Å². The highest BCUT2D eigenvalue weighted by Crippen LogP contribution is 2.13. The van der Waals surface area contributed by atoms with Crippen molar-refractivity contribution in [2.45, 2.75) is 0 Å². The SMILES string of the molecule is CN(C)c1ccnc2cc(C(=O)O)nn12. The first-order valence-corrected chi connectivity index (χ1v) is 4.35. The summed E-state index contributed by atoms with van der Waals surface area (Å²) in [5.41, 5.74) is 0.524. The van der Waals surface area contributed by atoms with Crippen molar-refractivity contribution >= 4 is 17.4 Å². The molecule has 1 N–H and O–H groups in total. The predicted octanol–water partition coefficient (Wildman–Crippen LogP) is 0.493. The fraction of sp³-hybridized carbons (Fsp3) is 0.222. The van der Waals surface area contributed by atoms with Gasteiger partial charge in [0.1, 0.15) is 5.82 Å². The van der Waals surface area contributed by atoms with Gasteiger partial charge in [-0.25, -0.2) is 9.78 Å². The van der Waals surface area contributed by atoms with E-state index in [1.165, 1.54) is 10.6 Å². The minimum Gasteiger partial charge on any atom is -0.476 e. The van der Waals surface area contributed by atoms with E-state index in [0.717, 1.165) is 5.82 Å². The van der Waals surface area contributed by atoms with Crippen LogP contribution in [0.3, 0.4) is 0 Å². The van der Waals surface area contributed by atoms with E-state index in [1.54, 1.807) is 12.3 Å². The third-order valence-corrected chi connectivity index (χ3v) is 2.02. The normalized spacial score (nSPS) is 10.5. The van der Waals surface area contributed by atoms with E-state index in [-0.39, 0.29) is 5.69 Å². The summed E-state index contributed by atoms with van der Waals surface area (Å²) in [6, 6.07) is 3.21. The zero-order chi connectivity index (χ0) is 11.0. The lowest BCUT2D eigenvalue weighted by Crippen LogP contribution is -2.14. The van der Waals surface area contributed by atoms with Gasteiger partial charge in [0.15, 0.2) is 11.3 Å². The highest BCUT2D eigenvalue weighted by atomic mass is 16.4. The van der Waals surface area contributed by atoms with Crippen LogP contribution in [-0.4, -0.2) is 39.8 Å². The van der Waals surface area contributed by atoms with Gasteiger partial charge < -0.3 is 10.0 Å². The molecule has 0 unspecified atom stereocenters. The highest BCUT2D eigenvalue weighted by Gasteiger charge is 2.12. The topological polar surface area (TPSA) is 70.7 Å². The van der Waals surface area contributed by atoms with Gasteiger partial charge in [0.2, 0.25) is 0 Å². The van der Waals surface area contributed by atoms with Crippen LogP contribution in [0.1, 0.15) is 10.5 Å². The number of rotatable bonds is 2. The standard InChI is InChI=1S/C9H10N4O2/c1-12(2)8-3-4-10-7-5-6(9(14)15)11-13(7)8/h3-5H,1-2H3,(H,14,15). The number of aromatic carboxylic acids is 1. The summed E-state index contributed by atoms with van der Waals surface area (Å²) in [5, 5.41) is 12.7. The second-order valence-electron chi connectivity index (χ2n) is 3.30. The van der Waals surface area contributed by atoms with Crippen molar-refractivity contribution in [1.82, 2.24) is 14.6 Å². The van der Waals surface area contributed by atoms with Gasteiger partial charge in [-0.05, 0) is 6.07 Å². The number of fused-ring (bicyclic) bond motifs is 1. The molecule has 2 aromatic rings. The van der Waals surface area contributed by atoms with Crippen LogP contribution in [0.4, 0.5) is 5.82 Å². The Hall–Kier alpha value is -2.11. The lowest BCUT2D eigenvalue weighted by Gasteiger charge is -2.12. The Morgan fingerprint density at radius 2 is 2.27 bits per heavy atom. The molecule has 0 aliphatic rings. The van der Waals surface area contributed by atoms with Crippen LogP contribution in [0.5, 0.6) is 0 Å². The second kappa shape index (κ2) is 3.23. The molecule has 78 valence electrons. The van der Waals surface area contributed by atoms with Crippen molar-refractivity contribution in [3.8, 4) is 0 Å². The second-order valence-corrected chi connectivity index (χ2v) is 3.30. The van der Waals surface area contributed by atoms with Gasteiger partial charge in [0.25, 0.3) is 0 Å². The summed E-state index contributed by atoms with van der Waals surface area (Å²) in [6.45, 7) is 0. The molecule has 0 aliphatic carbocycles. The van der Waals surface area contributed by atoms with E-state index in [9.17, 15) is 4.79 Å². The average Bonchev–Trinajstić information content (AvgIpc) is 2.60. The predicted molar refractivity (Wildman–Crippen MR) is 54.3 cm³/mol. The molecule has 0 fully saturated rings. The van der Waals surface area contributed by atoms with Gasteiger partial charge >= 0.3 is 5.97 Å². The van der Waals surface area contributed by atoms with Gasteiger partial charge in [-0.3, -0.25) is 0 Å². The van der Waals surface area contributed by atoms with Crippen molar-refractivity contribution in [3.63, 3.8) is 0 Å². The lowest BCUT2D eigenvalue weighted by molar-refractivity contribution is 0.0690. The van der Waals surface area contributed by atoms with E-state index >= 15 is 0 Å². The molecular weight excluding hydrogens is 196 g/mol. The molecule has 0 atom stereocenters. The maximum absolute atomic E-state index is 10.7. The third kappa shape index (κ3) is 1.50. The molecule has 0 bridgehead atoms. The number of carboxylic acids is 1. The zero-order valence-electron chi connectivity index (χ0n) is 8.38. The van der Waals surface area contributed by atoms with Crippen LogP contribution < -0.4 is 4.90 Å². The Labute approximate surface area is 85.8 Å². The Bertz CT molecular complexity index is 518. The monoisotopic (exact) mass is 206 g/mol. The number of anilines is 1. The molecule has 0 amide bonds. The van der Waals surface area contributed by atoms with Crippen LogP contribution in [0.2, 0.25) is 0 Å². The molecule has 0 saturated carbocycles. The Morgan fingerprint density at radius 1 is 1.53 bits per heavy atom. The highest BCUT2D eigenvalue weighted by molar-refractivity contribution is 5.86. The fourth-order valence-corrected chi connectivity index (χ4v) is 1.33. The van der Waals surface area contributed by atoms with Crippen LogP contribution in [0.15, 0.2) is 18.3 Å². The summed E-state index contributed by atoms with van der Waals surface area (Å²) >= 11 is 0. The first-order chi connectivity index (χ1) is 7.09. The molecule has 0 aromatic carbocycles. The molecule has 6 heteroatoms. The number of aromatic nitrogens is 3. The summed E-state index contributed by atoms with van der Waals surface area (Å²) in [5.74, 6) is -0.266. The molecule has 6 nitrogen and oxygen atoms in total. The van der Waals surface area contributed by atoms with Crippen molar-refractivity contribution in [2.24, 2.45) is 0 Å². The smallest absolute Gasteiger partial charge is 0.356 e. The molecule has 0 spiro atoms.